The zero-order valence-corrected chi connectivity index (χ0v) is 12.1. The van der Waals surface area contributed by atoms with E-state index < -0.39 is 0 Å². The Morgan fingerprint density at radius 2 is 2.24 bits per heavy atom. The average Bonchev–Trinajstić information content (AvgIpc) is 2.36. The van der Waals surface area contributed by atoms with E-state index in [1.807, 2.05) is 0 Å². The molecule has 3 nitrogen and oxygen atoms in total. The van der Waals surface area contributed by atoms with E-state index in [0.717, 1.165) is 41.0 Å². The molecule has 17 heavy (non-hydrogen) atoms. The molecule has 0 amide bonds. The molecule has 2 rings (SSSR count). The fourth-order valence-corrected chi connectivity index (χ4v) is 2.54. The third kappa shape index (κ3) is 2.49. The fraction of sp³-hybridized carbons (Fsp3) is 0.538. The number of halogens is 1. The van der Waals surface area contributed by atoms with Gasteiger partial charge in [0, 0.05) is 28.7 Å². The first-order valence-corrected chi connectivity index (χ1v) is 6.60. The van der Waals surface area contributed by atoms with Crippen molar-refractivity contribution in [1.29, 1.82) is 0 Å². The first-order valence-electron chi connectivity index (χ1n) is 5.81. The van der Waals surface area contributed by atoms with Crippen LogP contribution in [0.1, 0.15) is 22.8 Å². The average molecular weight is 300 g/mol. The summed E-state index contributed by atoms with van der Waals surface area (Å²) in [6, 6.07) is 2.15. The first kappa shape index (κ1) is 12.9. The van der Waals surface area contributed by atoms with Crippen molar-refractivity contribution in [2.45, 2.75) is 20.0 Å². The lowest BCUT2D eigenvalue weighted by Crippen LogP contribution is -2.33. The lowest BCUT2D eigenvalue weighted by atomic mass is 10.0. The summed E-state index contributed by atoms with van der Waals surface area (Å²) >= 11 is 3.59. The van der Waals surface area contributed by atoms with Gasteiger partial charge in [0.1, 0.15) is 5.75 Å². The van der Waals surface area contributed by atoms with E-state index >= 15 is 0 Å². The van der Waals surface area contributed by atoms with Gasteiger partial charge in [-0.05, 0) is 25.5 Å². The van der Waals surface area contributed by atoms with Gasteiger partial charge in [0.15, 0.2) is 0 Å². The van der Waals surface area contributed by atoms with E-state index in [1.54, 1.807) is 7.11 Å². The molecular weight excluding hydrogens is 282 g/mol. The number of benzene rings is 1. The van der Waals surface area contributed by atoms with Crippen LogP contribution in [0.25, 0.3) is 0 Å². The minimum absolute atomic E-state index is 0.0872. The van der Waals surface area contributed by atoms with Gasteiger partial charge in [0.2, 0.25) is 0 Å². The standard InChI is InChI=1S/C13H18BrNO2/c1-8-6-10(11-7-15-4-5-17-11)13(16-3)9(2)12(8)14/h6,11,15H,4-5,7H2,1-3H3. The maximum atomic E-state index is 5.80. The van der Waals surface area contributed by atoms with Gasteiger partial charge < -0.3 is 14.8 Å². The predicted octanol–water partition coefficient (Wildman–Crippen LogP) is 2.74. The SMILES string of the molecule is COc1c(C2CNCCO2)cc(C)c(Br)c1C. The molecule has 1 N–H and O–H groups in total. The summed E-state index contributed by atoms with van der Waals surface area (Å²) in [6.45, 7) is 6.68. The van der Waals surface area contributed by atoms with Crippen molar-refractivity contribution in [3.8, 4) is 5.75 Å². The topological polar surface area (TPSA) is 30.5 Å². The van der Waals surface area contributed by atoms with Crippen LogP contribution in [-0.2, 0) is 4.74 Å². The zero-order chi connectivity index (χ0) is 12.4. The number of morpholine rings is 1. The minimum atomic E-state index is 0.0872. The Kier molecular flexibility index (Phi) is 4.07. The van der Waals surface area contributed by atoms with E-state index in [0.29, 0.717) is 0 Å². The Bertz CT molecular complexity index is 414. The molecule has 1 unspecified atom stereocenters. The number of aryl methyl sites for hydroxylation is 1. The van der Waals surface area contributed by atoms with Crippen molar-refractivity contribution in [1.82, 2.24) is 5.32 Å². The molecule has 1 atom stereocenters. The summed E-state index contributed by atoms with van der Waals surface area (Å²) in [5, 5.41) is 3.35. The normalized spacial score (nSPS) is 20.4. The minimum Gasteiger partial charge on any atom is -0.496 e. The number of hydrogen-bond acceptors (Lipinski definition) is 3. The molecule has 0 aromatic heterocycles. The van der Waals surface area contributed by atoms with Crippen LogP contribution in [0.5, 0.6) is 5.75 Å². The molecule has 1 aromatic carbocycles. The monoisotopic (exact) mass is 299 g/mol. The Morgan fingerprint density at radius 3 is 2.82 bits per heavy atom. The van der Waals surface area contributed by atoms with E-state index in [4.69, 9.17) is 9.47 Å². The Balaban J connectivity index is 2.44. The van der Waals surface area contributed by atoms with Gasteiger partial charge in [-0.2, -0.15) is 0 Å². The molecule has 1 fully saturated rings. The number of hydrogen-bond donors (Lipinski definition) is 1. The summed E-state index contributed by atoms with van der Waals surface area (Å²) in [7, 11) is 1.71. The highest BCUT2D eigenvalue weighted by molar-refractivity contribution is 9.10. The molecular formula is C13H18BrNO2. The molecule has 0 bridgehead atoms. The molecule has 0 spiro atoms. The second-order valence-corrected chi connectivity index (χ2v) is 5.11. The quantitative estimate of drug-likeness (QED) is 0.911. The molecule has 1 heterocycles. The van der Waals surface area contributed by atoms with Crippen molar-refractivity contribution >= 4 is 15.9 Å². The van der Waals surface area contributed by atoms with Crippen LogP contribution < -0.4 is 10.1 Å². The maximum absolute atomic E-state index is 5.80. The Morgan fingerprint density at radius 1 is 1.47 bits per heavy atom. The smallest absolute Gasteiger partial charge is 0.128 e. The second-order valence-electron chi connectivity index (χ2n) is 4.32. The molecule has 0 saturated carbocycles. The molecule has 1 aliphatic rings. The van der Waals surface area contributed by atoms with Crippen LogP contribution in [0.15, 0.2) is 10.5 Å². The van der Waals surface area contributed by atoms with E-state index in [2.05, 4.69) is 41.2 Å². The number of nitrogens with one attached hydrogen (secondary N) is 1. The highest BCUT2D eigenvalue weighted by Gasteiger charge is 2.22. The van der Waals surface area contributed by atoms with Crippen LogP contribution in [0.4, 0.5) is 0 Å². The second kappa shape index (κ2) is 5.38. The molecule has 4 heteroatoms. The number of rotatable bonds is 2. The third-order valence-corrected chi connectivity index (χ3v) is 4.35. The number of methoxy groups -OCH3 is 1. The predicted molar refractivity (Wildman–Crippen MR) is 71.7 cm³/mol. The van der Waals surface area contributed by atoms with Gasteiger partial charge in [0.05, 0.1) is 19.8 Å². The summed E-state index contributed by atoms with van der Waals surface area (Å²) < 4.78 is 12.4. The number of ether oxygens (including phenoxy) is 2. The Hall–Kier alpha value is -0.580. The van der Waals surface area contributed by atoms with Crippen molar-refractivity contribution < 1.29 is 9.47 Å². The van der Waals surface area contributed by atoms with Crippen molar-refractivity contribution in [3.05, 3.63) is 27.2 Å². The fourth-order valence-electron chi connectivity index (χ4n) is 2.25. The summed E-state index contributed by atoms with van der Waals surface area (Å²) in [5.41, 5.74) is 3.49. The van der Waals surface area contributed by atoms with Crippen molar-refractivity contribution in [2.24, 2.45) is 0 Å². The van der Waals surface area contributed by atoms with E-state index in [9.17, 15) is 0 Å². The maximum Gasteiger partial charge on any atom is 0.128 e. The molecule has 0 aliphatic carbocycles. The van der Waals surface area contributed by atoms with Crippen molar-refractivity contribution in [3.63, 3.8) is 0 Å². The van der Waals surface area contributed by atoms with Crippen LogP contribution >= 0.6 is 15.9 Å². The lowest BCUT2D eigenvalue weighted by Gasteiger charge is -2.27. The molecule has 1 aromatic rings. The van der Waals surface area contributed by atoms with E-state index in [-0.39, 0.29) is 6.10 Å². The summed E-state index contributed by atoms with van der Waals surface area (Å²) in [4.78, 5) is 0. The van der Waals surface area contributed by atoms with Crippen LogP contribution in [0.2, 0.25) is 0 Å². The van der Waals surface area contributed by atoms with Gasteiger partial charge in [-0.25, -0.2) is 0 Å². The Labute approximate surface area is 111 Å². The lowest BCUT2D eigenvalue weighted by molar-refractivity contribution is 0.0261. The summed E-state index contributed by atoms with van der Waals surface area (Å²) in [6.07, 6.45) is 0.0872. The highest BCUT2D eigenvalue weighted by atomic mass is 79.9. The largest absolute Gasteiger partial charge is 0.496 e. The molecule has 0 radical (unpaired) electrons. The highest BCUT2D eigenvalue weighted by Crippen LogP contribution is 2.37. The third-order valence-electron chi connectivity index (χ3n) is 3.13. The van der Waals surface area contributed by atoms with Crippen LogP contribution in [0, 0.1) is 13.8 Å². The molecule has 94 valence electrons. The van der Waals surface area contributed by atoms with Gasteiger partial charge in [-0.15, -0.1) is 0 Å². The van der Waals surface area contributed by atoms with Gasteiger partial charge in [0.25, 0.3) is 0 Å². The summed E-state index contributed by atoms with van der Waals surface area (Å²) in [5.74, 6) is 0.927. The van der Waals surface area contributed by atoms with Gasteiger partial charge >= 0.3 is 0 Å². The van der Waals surface area contributed by atoms with E-state index in [1.165, 1.54) is 5.56 Å². The van der Waals surface area contributed by atoms with Crippen molar-refractivity contribution in [2.75, 3.05) is 26.8 Å². The van der Waals surface area contributed by atoms with Gasteiger partial charge in [-0.1, -0.05) is 15.9 Å². The first-order chi connectivity index (χ1) is 8.15. The van der Waals surface area contributed by atoms with Crippen LogP contribution in [0.3, 0.4) is 0 Å². The van der Waals surface area contributed by atoms with Crippen LogP contribution in [-0.4, -0.2) is 26.8 Å². The molecule has 1 saturated heterocycles. The zero-order valence-electron chi connectivity index (χ0n) is 10.5. The molecule has 1 aliphatic heterocycles. The van der Waals surface area contributed by atoms with Gasteiger partial charge in [-0.3, -0.25) is 0 Å².